The van der Waals surface area contributed by atoms with E-state index in [1.54, 1.807) is 12.1 Å². The Morgan fingerprint density at radius 1 is 0.778 bits per heavy atom. The highest BCUT2D eigenvalue weighted by Gasteiger charge is 2.07. The van der Waals surface area contributed by atoms with Gasteiger partial charge in [-0.15, -0.1) is 0 Å². The first-order chi connectivity index (χ1) is 8.63. The minimum atomic E-state index is -0.905. The molecule has 0 aliphatic heterocycles. The molecule has 4 heteroatoms. The van der Waals surface area contributed by atoms with Gasteiger partial charge >= 0.3 is 0 Å². The molecule has 0 radical (unpaired) electrons. The summed E-state index contributed by atoms with van der Waals surface area (Å²) in [4.78, 5) is 2.97. The average Bonchev–Trinajstić information content (AvgIpc) is 2.75. The summed E-state index contributed by atoms with van der Waals surface area (Å²) in [5, 5.41) is 0.816. The van der Waals surface area contributed by atoms with E-state index in [0.717, 1.165) is 17.5 Å². The average molecular weight is 247 g/mol. The number of hydrogen-bond acceptors (Lipinski definition) is 0. The van der Waals surface area contributed by atoms with Crippen LogP contribution in [0.4, 0.5) is 13.2 Å². The second kappa shape index (κ2) is 3.91. The number of nitrogens with one attached hydrogen (secondary N) is 1. The van der Waals surface area contributed by atoms with E-state index in [1.165, 1.54) is 18.2 Å². The van der Waals surface area contributed by atoms with Gasteiger partial charge in [-0.3, -0.25) is 0 Å². The molecule has 18 heavy (non-hydrogen) atoms. The molecule has 3 rings (SSSR count). The molecule has 2 aromatic carbocycles. The van der Waals surface area contributed by atoms with Gasteiger partial charge in [0, 0.05) is 22.2 Å². The van der Waals surface area contributed by atoms with Gasteiger partial charge in [-0.25, -0.2) is 13.2 Å². The summed E-state index contributed by atoms with van der Waals surface area (Å²) < 4.78 is 39.0. The van der Waals surface area contributed by atoms with E-state index in [-0.39, 0.29) is 5.82 Å². The second-order valence-corrected chi connectivity index (χ2v) is 4.04. The highest BCUT2D eigenvalue weighted by molar-refractivity contribution is 5.85. The first kappa shape index (κ1) is 10.9. The Labute approximate surface area is 101 Å². The van der Waals surface area contributed by atoms with Crippen LogP contribution in [0.25, 0.3) is 22.2 Å². The molecular weight excluding hydrogens is 239 g/mol. The molecule has 1 heterocycles. The Balaban J connectivity index is 2.16. The Kier molecular flexibility index (Phi) is 2.37. The lowest BCUT2D eigenvalue weighted by Gasteiger charge is -1.98. The van der Waals surface area contributed by atoms with Crippen LogP contribution in [0.3, 0.4) is 0 Å². The van der Waals surface area contributed by atoms with E-state index >= 15 is 0 Å². The van der Waals surface area contributed by atoms with E-state index in [1.807, 2.05) is 0 Å². The smallest absolute Gasteiger partial charge is 0.159 e. The van der Waals surface area contributed by atoms with Crippen LogP contribution in [0.1, 0.15) is 0 Å². The summed E-state index contributed by atoms with van der Waals surface area (Å²) in [6, 6.07) is 9.75. The van der Waals surface area contributed by atoms with E-state index in [4.69, 9.17) is 0 Å². The molecule has 1 aromatic heterocycles. The summed E-state index contributed by atoms with van der Waals surface area (Å²) in [6.45, 7) is 0. The van der Waals surface area contributed by atoms with Crippen molar-refractivity contribution in [3.8, 4) is 11.3 Å². The van der Waals surface area contributed by atoms with Gasteiger partial charge < -0.3 is 4.98 Å². The van der Waals surface area contributed by atoms with Crippen molar-refractivity contribution in [3.05, 3.63) is 59.9 Å². The zero-order valence-corrected chi connectivity index (χ0v) is 9.18. The molecular formula is C14H8F3N. The summed E-state index contributed by atoms with van der Waals surface area (Å²) in [5.74, 6) is -2.14. The van der Waals surface area contributed by atoms with Crippen LogP contribution in [0, 0.1) is 17.5 Å². The molecule has 1 N–H and O–H groups in total. The highest BCUT2D eigenvalue weighted by Crippen LogP contribution is 2.25. The highest BCUT2D eigenvalue weighted by atomic mass is 19.2. The molecule has 0 amide bonds. The monoisotopic (exact) mass is 247 g/mol. The lowest BCUT2D eigenvalue weighted by Crippen LogP contribution is -1.85. The number of hydrogen-bond donors (Lipinski definition) is 1. The minimum absolute atomic E-state index is 0.346. The fourth-order valence-corrected chi connectivity index (χ4v) is 1.92. The van der Waals surface area contributed by atoms with Crippen LogP contribution in [-0.2, 0) is 0 Å². The quantitative estimate of drug-likeness (QED) is 0.661. The molecule has 1 nitrogen and oxygen atoms in total. The van der Waals surface area contributed by atoms with Crippen LogP contribution < -0.4 is 0 Å². The predicted octanol–water partition coefficient (Wildman–Crippen LogP) is 4.25. The third kappa shape index (κ3) is 1.76. The maximum absolute atomic E-state index is 13.1. The van der Waals surface area contributed by atoms with E-state index in [2.05, 4.69) is 4.98 Å². The van der Waals surface area contributed by atoms with Crippen LogP contribution in [0.2, 0.25) is 0 Å². The minimum Gasteiger partial charge on any atom is -0.354 e. The molecule has 0 saturated carbocycles. The van der Waals surface area contributed by atoms with Crippen molar-refractivity contribution in [2.24, 2.45) is 0 Å². The molecule has 3 aromatic rings. The fraction of sp³-hybridized carbons (Fsp3) is 0. The van der Waals surface area contributed by atoms with Crippen molar-refractivity contribution >= 4 is 10.9 Å². The van der Waals surface area contributed by atoms with Crippen LogP contribution in [-0.4, -0.2) is 4.98 Å². The largest absolute Gasteiger partial charge is 0.354 e. The molecule has 0 aliphatic rings. The number of fused-ring (bicyclic) bond motifs is 1. The number of aromatic amines is 1. The summed E-state index contributed by atoms with van der Waals surface area (Å²) in [6.07, 6.45) is 0. The van der Waals surface area contributed by atoms with Gasteiger partial charge in [-0.1, -0.05) is 0 Å². The summed E-state index contributed by atoms with van der Waals surface area (Å²) in [7, 11) is 0. The number of benzene rings is 2. The fourth-order valence-electron chi connectivity index (χ4n) is 1.92. The topological polar surface area (TPSA) is 15.8 Å². The van der Waals surface area contributed by atoms with Crippen molar-refractivity contribution in [3.63, 3.8) is 0 Å². The zero-order chi connectivity index (χ0) is 12.7. The van der Waals surface area contributed by atoms with E-state index in [0.29, 0.717) is 16.8 Å². The third-order valence-electron chi connectivity index (χ3n) is 2.82. The van der Waals surface area contributed by atoms with Gasteiger partial charge in [0.1, 0.15) is 5.82 Å². The van der Waals surface area contributed by atoms with Crippen molar-refractivity contribution in [1.82, 2.24) is 4.98 Å². The maximum atomic E-state index is 13.1. The Morgan fingerprint density at radius 3 is 2.39 bits per heavy atom. The predicted molar refractivity (Wildman–Crippen MR) is 63.6 cm³/mol. The summed E-state index contributed by atoms with van der Waals surface area (Å²) in [5.41, 5.74) is 1.76. The number of halogens is 3. The van der Waals surface area contributed by atoms with Crippen molar-refractivity contribution in [2.45, 2.75) is 0 Å². The second-order valence-electron chi connectivity index (χ2n) is 4.04. The van der Waals surface area contributed by atoms with Gasteiger partial charge in [-0.05, 0) is 42.5 Å². The van der Waals surface area contributed by atoms with Crippen LogP contribution in [0.15, 0.2) is 42.5 Å². The SMILES string of the molecule is Fc1ccc2cc(-c3ccc(F)c(F)c3)[nH]c2c1. The Hall–Kier alpha value is -2.23. The standard InChI is InChI=1S/C14H8F3N/c15-10-3-1-9-6-13(18-14(9)7-10)8-2-4-11(16)12(17)5-8/h1-7,18H. The normalized spacial score (nSPS) is 11.1. The van der Waals surface area contributed by atoms with E-state index < -0.39 is 11.6 Å². The molecule has 0 spiro atoms. The van der Waals surface area contributed by atoms with Gasteiger partial charge in [0.05, 0.1) is 0 Å². The molecule has 0 aliphatic carbocycles. The third-order valence-corrected chi connectivity index (χ3v) is 2.82. The molecule has 0 atom stereocenters. The van der Waals surface area contributed by atoms with Gasteiger partial charge in [0.15, 0.2) is 11.6 Å². The number of rotatable bonds is 1. The first-order valence-electron chi connectivity index (χ1n) is 5.37. The van der Waals surface area contributed by atoms with E-state index in [9.17, 15) is 13.2 Å². The van der Waals surface area contributed by atoms with Gasteiger partial charge in [-0.2, -0.15) is 0 Å². The Bertz CT molecular complexity index is 731. The van der Waals surface area contributed by atoms with Crippen molar-refractivity contribution < 1.29 is 13.2 Å². The lowest BCUT2D eigenvalue weighted by molar-refractivity contribution is 0.509. The molecule has 0 bridgehead atoms. The molecule has 0 fully saturated rings. The van der Waals surface area contributed by atoms with Gasteiger partial charge in [0.25, 0.3) is 0 Å². The number of aromatic nitrogens is 1. The van der Waals surface area contributed by atoms with Crippen LogP contribution in [0.5, 0.6) is 0 Å². The summed E-state index contributed by atoms with van der Waals surface area (Å²) >= 11 is 0. The van der Waals surface area contributed by atoms with Gasteiger partial charge in [0.2, 0.25) is 0 Å². The molecule has 0 unspecified atom stereocenters. The maximum Gasteiger partial charge on any atom is 0.159 e. The molecule has 0 saturated heterocycles. The molecule has 90 valence electrons. The first-order valence-corrected chi connectivity index (χ1v) is 5.37. The lowest BCUT2D eigenvalue weighted by atomic mass is 10.1. The zero-order valence-electron chi connectivity index (χ0n) is 9.18. The Morgan fingerprint density at radius 2 is 1.61 bits per heavy atom. The van der Waals surface area contributed by atoms with Crippen molar-refractivity contribution in [1.29, 1.82) is 0 Å². The number of H-pyrrole nitrogens is 1. The van der Waals surface area contributed by atoms with Crippen LogP contribution >= 0.6 is 0 Å². The van der Waals surface area contributed by atoms with Crippen molar-refractivity contribution in [2.75, 3.05) is 0 Å².